The highest BCUT2D eigenvalue weighted by Crippen LogP contribution is 2.30. The molecule has 2 rings (SSSR count). The van der Waals surface area contributed by atoms with Crippen LogP contribution in [0, 0.1) is 5.92 Å². The van der Waals surface area contributed by atoms with E-state index in [1.54, 1.807) is 0 Å². The predicted molar refractivity (Wildman–Crippen MR) is 74.6 cm³/mol. The van der Waals surface area contributed by atoms with Gasteiger partial charge in [-0.2, -0.15) is 0 Å². The number of β-amino-alcohol motifs (C(OH)–C–C–N with tert-alkyl or cyclic N) is 1. The molecule has 0 spiro atoms. The number of rotatable bonds is 4. The first kappa shape index (κ1) is 17.4. The molecule has 2 aliphatic heterocycles. The summed E-state index contributed by atoms with van der Waals surface area (Å²) in [6.45, 7) is 0.402. The van der Waals surface area contributed by atoms with Crippen LogP contribution in [-0.2, 0) is 4.74 Å². The smallest absolute Gasteiger partial charge is 0.132 e. The van der Waals surface area contributed by atoms with E-state index in [1.807, 2.05) is 0 Å². The SMILES string of the molecule is OCC1O[C@H](SCC2CNC[C@@H](O)[C@@H]2O)C(O)[C@@H](O)[C@@H]1O. The number of aliphatic hydroxyl groups is 6. The summed E-state index contributed by atoms with van der Waals surface area (Å²) in [4.78, 5) is 0. The molecule has 2 aliphatic rings. The molecule has 0 aliphatic carbocycles. The summed E-state index contributed by atoms with van der Waals surface area (Å²) < 4.78 is 5.37. The molecule has 2 fully saturated rings. The molecular weight excluding hydrogens is 302 g/mol. The third-order valence-electron chi connectivity index (χ3n) is 3.96. The van der Waals surface area contributed by atoms with E-state index in [4.69, 9.17) is 9.84 Å². The zero-order valence-electron chi connectivity index (χ0n) is 11.4. The van der Waals surface area contributed by atoms with Gasteiger partial charge >= 0.3 is 0 Å². The first-order chi connectivity index (χ1) is 9.95. The Bertz CT molecular complexity index is 335. The number of hydrogen-bond acceptors (Lipinski definition) is 9. The van der Waals surface area contributed by atoms with Gasteiger partial charge in [0, 0.05) is 24.8 Å². The molecule has 0 aromatic rings. The van der Waals surface area contributed by atoms with Crippen molar-refractivity contribution in [2.45, 2.75) is 42.1 Å². The Morgan fingerprint density at radius 3 is 2.33 bits per heavy atom. The van der Waals surface area contributed by atoms with Gasteiger partial charge in [-0.15, -0.1) is 11.8 Å². The van der Waals surface area contributed by atoms with Crippen molar-refractivity contribution in [1.82, 2.24) is 5.32 Å². The highest BCUT2D eigenvalue weighted by Gasteiger charge is 2.44. The molecule has 0 bridgehead atoms. The largest absolute Gasteiger partial charge is 0.394 e. The minimum absolute atomic E-state index is 0.217. The maximum Gasteiger partial charge on any atom is 0.132 e. The lowest BCUT2D eigenvalue weighted by Crippen LogP contribution is -2.58. The van der Waals surface area contributed by atoms with Crippen LogP contribution in [0.1, 0.15) is 0 Å². The summed E-state index contributed by atoms with van der Waals surface area (Å²) in [5, 5.41) is 60.9. The second-order valence-electron chi connectivity index (χ2n) is 5.51. The number of nitrogens with one attached hydrogen (secondary N) is 1. The zero-order chi connectivity index (χ0) is 15.6. The van der Waals surface area contributed by atoms with Crippen LogP contribution in [0.25, 0.3) is 0 Å². The van der Waals surface area contributed by atoms with Crippen molar-refractivity contribution < 1.29 is 35.4 Å². The molecule has 9 heteroatoms. The third-order valence-corrected chi connectivity index (χ3v) is 5.30. The minimum Gasteiger partial charge on any atom is -0.394 e. The summed E-state index contributed by atoms with van der Waals surface area (Å²) >= 11 is 1.18. The van der Waals surface area contributed by atoms with Crippen LogP contribution in [0.4, 0.5) is 0 Å². The van der Waals surface area contributed by atoms with Gasteiger partial charge in [0.25, 0.3) is 0 Å². The van der Waals surface area contributed by atoms with E-state index in [-0.39, 0.29) is 5.92 Å². The Labute approximate surface area is 126 Å². The maximum absolute atomic E-state index is 9.90. The topological polar surface area (TPSA) is 143 Å². The highest BCUT2D eigenvalue weighted by molar-refractivity contribution is 7.99. The Hall–Kier alpha value is 0.0300. The van der Waals surface area contributed by atoms with Crippen LogP contribution in [0.15, 0.2) is 0 Å². The molecule has 8 nitrogen and oxygen atoms in total. The first-order valence-electron chi connectivity index (χ1n) is 6.94. The van der Waals surface area contributed by atoms with Crippen LogP contribution in [0.5, 0.6) is 0 Å². The molecule has 2 saturated heterocycles. The number of hydrogen-bond donors (Lipinski definition) is 7. The lowest BCUT2D eigenvalue weighted by Gasteiger charge is -2.40. The second kappa shape index (κ2) is 7.53. The Morgan fingerprint density at radius 1 is 0.952 bits per heavy atom. The average molecular weight is 325 g/mol. The fraction of sp³-hybridized carbons (Fsp3) is 1.00. The van der Waals surface area contributed by atoms with Gasteiger partial charge in [0.15, 0.2) is 0 Å². The molecule has 7 N–H and O–H groups in total. The van der Waals surface area contributed by atoms with Gasteiger partial charge in [0.05, 0.1) is 18.8 Å². The van der Waals surface area contributed by atoms with Crippen LogP contribution in [-0.4, -0.2) is 98.1 Å². The molecule has 0 amide bonds. The monoisotopic (exact) mass is 325 g/mol. The van der Waals surface area contributed by atoms with Crippen molar-refractivity contribution >= 4 is 11.8 Å². The Morgan fingerprint density at radius 2 is 1.67 bits per heavy atom. The Kier molecular flexibility index (Phi) is 6.24. The number of aliphatic hydroxyl groups excluding tert-OH is 6. The van der Waals surface area contributed by atoms with Crippen molar-refractivity contribution in [1.29, 1.82) is 0 Å². The molecule has 21 heavy (non-hydrogen) atoms. The van der Waals surface area contributed by atoms with Gasteiger partial charge < -0.3 is 40.7 Å². The van der Waals surface area contributed by atoms with Crippen LogP contribution >= 0.6 is 11.8 Å². The van der Waals surface area contributed by atoms with Gasteiger partial charge in [0.1, 0.15) is 29.9 Å². The molecule has 8 atom stereocenters. The van der Waals surface area contributed by atoms with E-state index in [1.165, 1.54) is 11.8 Å². The summed E-state index contributed by atoms with van der Waals surface area (Å²) in [7, 11) is 0. The van der Waals surface area contributed by atoms with E-state index in [0.29, 0.717) is 18.8 Å². The maximum atomic E-state index is 9.90. The minimum atomic E-state index is -1.40. The normalized spacial score (nSPS) is 48.3. The fourth-order valence-corrected chi connectivity index (χ4v) is 3.88. The van der Waals surface area contributed by atoms with Crippen LogP contribution in [0.2, 0.25) is 0 Å². The van der Waals surface area contributed by atoms with Gasteiger partial charge in [-0.1, -0.05) is 0 Å². The van der Waals surface area contributed by atoms with Gasteiger partial charge in [-0.3, -0.25) is 0 Å². The third kappa shape index (κ3) is 3.87. The van der Waals surface area contributed by atoms with Gasteiger partial charge in [-0.25, -0.2) is 0 Å². The van der Waals surface area contributed by atoms with Crippen molar-refractivity contribution in [3.8, 4) is 0 Å². The number of thioether (sulfide) groups is 1. The van der Waals surface area contributed by atoms with E-state index in [2.05, 4.69) is 5.32 Å². The quantitative estimate of drug-likeness (QED) is 0.280. The lowest BCUT2D eigenvalue weighted by molar-refractivity contribution is -0.205. The van der Waals surface area contributed by atoms with Crippen molar-refractivity contribution in [3.05, 3.63) is 0 Å². The summed E-state index contributed by atoms with van der Waals surface area (Å²) in [5.41, 5.74) is -0.813. The zero-order valence-corrected chi connectivity index (χ0v) is 12.3. The van der Waals surface area contributed by atoms with E-state index in [0.717, 1.165) is 0 Å². The van der Waals surface area contributed by atoms with E-state index in [9.17, 15) is 25.5 Å². The summed E-state index contributed by atoms with van der Waals surface area (Å²) in [5.74, 6) is 0.180. The van der Waals surface area contributed by atoms with E-state index < -0.39 is 48.7 Å². The fourth-order valence-electron chi connectivity index (χ4n) is 2.55. The number of piperidine rings is 1. The average Bonchev–Trinajstić information content (AvgIpc) is 2.48. The summed E-state index contributed by atoms with van der Waals surface area (Å²) in [6.07, 6.45) is -6.67. The second-order valence-corrected chi connectivity index (χ2v) is 6.64. The Balaban J connectivity index is 1.89. The van der Waals surface area contributed by atoms with Crippen molar-refractivity contribution in [2.75, 3.05) is 25.4 Å². The predicted octanol–water partition coefficient (Wildman–Crippen LogP) is -3.54. The molecule has 124 valence electrons. The number of ether oxygens (including phenoxy) is 1. The van der Waals surface area contributed by atoms with Gasteiger partial charge in [0.2, 0.25) is 0 Å². The van der Waals surface area contributed by atoms with Gasteiger partial charge in [-0.05, 0) is 0 Å². The van der Waals surface area contributed by atoms with Crippen molar-refractivity contribution in [2.24, 2.45) is 5.92 Å². The van der Waals surface area contributed by atoms with E-state index >= 15 is 0 Å². The molecule has 0 aromatic carbocycles. The molecule has 0 radical (unpaired) electrons. The first-order valence-corrected chi connectivity index (χ1v) is 7.99. The standard InChI is InChI=1S/C12H23NO7S/c14-3-7-9(17)10(18)11(19)12(20-7)21-4-5-1-13-2-6(15)8(5)16/h5-19H,1-4H2/t5?,6-,7?,8-,9-,10+,11?,12-/m1/s1. The molecular formula is C12H23NO7S. The molecule has 0 aromatic heterocycles. The van der Waals surface area contributed by atoms with Crippen molar-refractivity contribution in [3.63, 3.8) is 0 Å². The lowest BCUT2D eigenvalue weighted by atomic mass is 9.96. The van der Waals surface area contributed by atoms with Crippen LogP contribution < -0.4 is 5.32 Å². The molecule has 3 unspecified atom stereocenters. The summed E-state index contributed by atoms with van der Waals surface area (Å²) in [6, 6.07) is 0. The molecule has 2 heterocycles. The highest BCUT2D eigenvalue weighted by atomic mass is 32.2. The molecule has 0 saturated carbocycles. The van der Waals surface area contributed by atoms with Crippen LogP contribution in [0.3, 0.4) is 0 Å².